The molecule has 0 radical (unpaired) electrons. The molecule has 2 rings (SSSR count). The molecule has 0 amide bonds. The Labute approximate surface area is 145 Å². The van der Waals surface area contributed by atoms with Crippen LogP contribution in [0.15, 0.2) is 42.5 Å². The summed E-state index contributed by atoms with van der Waals surface area (Å²) in [5.74, 6) is 1.28. The minimum Gasteiger partial charge on any atom is -0.423 e. The van der Waals surface area contributed by atoms with Gasteiger partial charge in [-0.25, -0.2) is 4.79 Å². The minimum absolute atomic E-state index is 0.260. The molecule has 0 atom stereocenters. The summed E-state index contributed by atoms with van der Waals surface area (Å²) in [5, 5.41) is 0. The number of carbonyl (C=O) groups excluding carboxylic acids is 1. The van der Waals surface area contributed by atoms with Gasteiger partial charge in [-0.1, -0.05) is 71.9 Å². The monoisotopic (exact) mass is 324 g/mol. The summed E-state index contributed by atoms with van der Waals surface area (Å²) in [4.78, 5) is 12.9. The zero-order valence-electron chi connectivity index (χ0n) is 15.6. The first-order valence-electron chi connectivity index (χ1n) is 8.76. The number of para-hydroxylation sites is 1. The van der Waals surface area contributed by atoms with Crippen molar-refractivity contribution in [2.24, 2.45) is 0 Å². The Morgan fingerprint density at radius 3 is 1.71 bits per heavy atom. The fourth-order valence-electron chi connectivity index (χ4n) is 2.84. The Kier molecular flexibility index (Phi) is 5.82. The molecule has 2 aromatic carbocycles. The number of benzene rings is 2. The summed E-state index contributed by atoms with van der Waals surface area (Å²) < 4.78 is 5.64. The molecule has 0 heterocycles. The zero-order chi connectivity index (χ0) is 17.9. The van der Waals surface area contributed by atoms with Gasteiger partial charge in [-0.2, -0.15) is 0 Å². The predicted molar refractivity (Wildman–Crippen MR) is 100 cm³/mol. The molecular weight excluding hydrogens is 296 g/mol. The van der Waals surface area contributed by atoms with Crippen LogP contribution in [0.2, 0.25) is 0 Å². The Balaban J connectivity index is 2.55. The van der Waals surface area contributed by atoms with Gasteiger partial charge in [0.2, 0.25) is 0 Å². The van der Waals surface area contributed by atoms with E-state index in [-0.39, 0.29) is 17.8 Å². The highest BCUT2D eigenvalue weighted by Crippen LogP contribution is 2.32. The quantitative estimate of drug-likeness (QED) is 0.478. The van der Waals surface area contributed by atoms with Gasteiger partial charge in [-0.15, -0.1) is 0 Å². The van der Waals surface area contributed by atoms with Crippen LogP contribution in [0.1, 0.15) is 86.3 Å². The van der Waals surface area contributed by atoms with E-state index >= 15 is 0 Å². The third kappa shape index (κ3) is 4.05. The minimum atomic E-state index is -0.260. The standard InChI is InChI=1S/C22H28O2/c1-14(2)17-12-19(15(3)4)21(20(13-17)16(5)6)22(23)24-18-10-8-7-9-11-18/h7-16H,1-6H3. The van der Waals surface area contributed by atoms with E-state index in [0.717, 1.165) is 16.7 Å². The van der Waals surface area contributed by atoms with E-state index in [9.17, 15) is 4.79 Å². The molecule has 24 heavy (non-hydrogen) atoms. The lowest BCUT2D eigenvalue weighted by molar-refractivity contribution is 0.0731. The number of esters is 1. The molecule has 0 aliphatic rings. The van der Waals surface area contributed by atoms with E-state index in [4.69, 9.17) is 4.74 Å². The van der Waals surface area contributed by atoms with E-state index in [1.807, 2.05) is 30.3 Å². The van der Waals surface area contributed by atoms with E-state index in [2.05, 4.69) is 53.7 Å². The molecule has 2 nitrogen and oxygen atoms in total. The Morgan fingerprint density at radius 2 is 1.29 bits per heavy atom. The Bertz CT molecular complexity index is 668. The predicted octanol–water partition coefficient (Wildman–Crippen LogP) is 6.28. The molecule has 0 aliphatic heterocycles. The highest BCUT2D eigenvalue weighted by Gasteiger charge is 2.23. The second-order valence-electron chi connectivity index (χ2n) is 7.24. The van der Waals surface area contributed by atoms with E-state index in [1.165, 1.54) is 5.56 Å². The lowest BCUT2D eigenvalue weighted by atomic mass is 9.84. The SMILES string of the molecule is CC(C)c1cc(C(C)C)c(C(=O)Oc2ccccc2)c(C(C)C)c1. The van der Waals surface area contributed by atoms with Crippen LogP contribution in [-0.2, 0) is 0 Å². The van der Waals surface area contributed by atoms with Gasteiger partial charge in [0.1, 0.15) is 5.75 Å². The number of hydrogen-bond acceptors (Lipinski definition) is 2. The number of ether oxygens (including phenoxy) is 1. The van der Waals surface area contributed by atoms with Crippen molar-refractivity contribution in [1.29, 1.82) is 0 Å². The summed E-state index contributed by atoms with van der Waals surface area (Å²) in [6, 6.07) is 13.6. The second kappa shape index (κ2) is 7.65. The van der Waals surface area contributed by atoms with Crippen molar-refractivity contribution in [2.45, 2.75) is 59.3 Å². The molecule has 2 aromatic rings. The first-order chi connectivity index (χ1) is 11.3. The van der Waals surface area contributed by atoms with Gasteiger partial charge < -0.3 is 4.74 Å². The van der Waals surface area contributed by atoms with Crippen molar-refractivity contribution in [1.82, 2.24) is 0 Å². The lowest BCUT2D eigenvalue weighted by Crippen LogP contribution is -2.17. The second-order valence-corrected chi connectivity index (χ2v) is 7.24. The van der Waals surface area contributed by atoms with Crippen molar-refractivity contribution >= 4 is 5.97 Å². The summed E-state index contributed by atoms with van der Waals surface area (Å²) in [6.45, 7) is 12.9. The fourth-order valence-corrected chi connectivity index (χ4v) is 2.84. The van der Waals surface area contributed by atoms with Gasteiger partial charge in [0.25, 0.3) is 0 Å². The maximum Gasteiger partial charge on any atom is 0.344 e. The summed E-state index contributed by atoms with van der Waals surface area (Å²) >= 11 is 0. The van der Waals surface area contributed by atoms with Gasteiger partial charge in [0.15, 0.2) is 0 Å². The molecule has 0 fully saturated rings. The third-order valence-electron chi connectivity index (χ3n) is 4.29. The molecule has 0 N–H and O–H groups in total. The summed E-state index contributed by atoms with van der Waals surface area (Å²) in [6.07, 6.45) is 0. The fraction of sp³-hybridized carbons (Fsp3) is 0.409. The van der Waals surface area contributed by atoms with Crippen LogP contribution in [0.5, 0.6) is 5.75 Å². The maximum atomic E-state index is 12.9. The van der Waals surface area contributed by atoms with Crippen molar-refractivity contribution in [2.75, 3.05) is 0 Å². The van der Waals surface area contributed by atoms with Gasteiger partial charge in [0, 0.05) is 0 Å². The van der Waals surface area contributed by atoms with Crippen LogP contribution in [0.4, 0.5) is 0 Å². The van der Waals surface area contributed by atoms with E-state index < -0.39 is 0 Å². The van der Waals surface area contributed by atoms with Gasteiger partial charge in [-0.3, -0.25) is 0 Å². The van der Waals surface area contributed by atoms with Crippen LogP contribution in [0.25, 0.3) is 0 Å². The largest absolute Gasteiger partial charge is 0.423 e. The molecule has 0 aliphatic carbocycles. The van der Waals surface area contributed by atoms with Gasteiger partial charge in [0.05, 0.1) is 5.56 Å². The highest BCUT2D eigenvalue weighted by atomic mass is 16.5. The first kappa shape index (κ1) is 18.3. The molecule has 0 saturated heterocycles. The van der Waals surface area contributed by atoms with Gasteiger partial charge >= 0.3 is 5.97 Å². The van der Waals surface area contributed by atoms with Crippen LogP contribution >= 0.6 is 0 Å². The molecule has 0 aromatic heterocycles. The normalized spacial score (nSPS) is 11.4. The molecule has 0 unspecified atom stereocenters. The number of rotatable bonds is 5. The van der Waals surface area contributed by atoms with E-state index in [0.29, 0.717) is 11.7 Å². The van der Waals surface area contributed by atoms with Gasteiger partial charge in [-0.05, 0) is 46.6 Å². The molecule has 128 valence electrons. The average molecular weight is 324 g/mol. The van der Waals surface area contributed by atoms with Crippen LogP contribution in [0, 0.1) is 0 Å². The first-order valence-corrected chi connectivity index (χ1v) is 8.76. The average Bonchev–Trinajstić information content (AvgIpc) is 2.54. The number of hydrogen-bond donors (Lipinski definition) is 0. The topological polar surface area (TPSA) is 26.3 Å². The maximum absolute atomic E-state index is 12.9. The lowest BCUT2D eigenvalue weighted by Gasteiger charge is -2.21. The zero-order valence-corrected chi connectivity index (χ0v) is 15.6. The summed E-state index contributed by atoms with van der Waals surface area (Å²) in [7, 11) is 0. The molecular formula is C22H28O2. The van der Waals surface area contributed by atoms with Crippen LogP contribution in [0.3, 0.4) is 0 Å². The van der Waals surface area contributed by atoms with Crippen molar-refractivity contribution in [3.8, 4) is 5.75 Å². The molecule has 0 bridgehead atoms. The van der Waals surface area contributed by atoms with Crippen molar-refractivity contribution in [3.63, 3.8) is 0 Å². The highest BCUT2D eigenvalue weighted by molar-refractivity contribution is 5.95. The molecule has 2 heteroatoms. The van der Waals surface area contributed by atoms with Crippen LogP contribution < -0.4 is 4.74 Å². The molecule has 0 spiro atoms. The van der Waals surface area contributed by atoms with Crippen molar-refractivity contribution < 1.29 is 9.53 Å². The van der Waals surface area contributed by atoms with E-state index in [1.54, 1.807) is 0 Å². The summed E-state index contributed by atoms with van der Waals surface area (Å²) in [5.41, 5.74) is 4.16. The van der Waals surface area contributed by atoms with Crippen LogP contribution in [-0.4, -0.2) is 5.97 Å². The molecule has 0 saturated carbocycles. The third-order valence-corrected chi connectivity index (χ3v) is 4.29. The smallest absolute Gasteiger partial charge is 0.344 e. The Hall–Kier alpha value is -2.09. The van der Waals surface area contributed by atoms with Crippen molar-refractivity contribution in [3.05, 3.63) is 64.7 Å². The number of carbonyl (C=O) groups is 1. The Morgan fingerprint density at radius 1 is 0.792 bits per heavy atom.